The van der Waals surface area contributed by atoms with Crippen LogP contribution in [0.3, 0.4) is 0 Å². The molecule has 2 N–H and O–H groups in total. The first-order valence-electron chi connectivity index (χ1n) is 15.7. The number of hydrogen-bond donors (Lipinski definition) is 2. The lowest BCUT2D eigenvalue weighted by atomic mass is 10.0. The molecule has 0 saturated carbocycles. The van der Waals surface area contributed by atoms with Crippen molar-refractivity contribution in [3.63, 3.8) is 0 Å². The molecule has 12 heteroatoms. The number of carbonyl (C=O) groups excluding carboxylic acids is 1. The van der Waals surface area contributed by atoms with Gasteiger partial charge in [0, 0.05) is 62.8 Å². The summed E-state index contributed by atoms with van der Waals surface area (Å²) < 4.78 is 1.75. The average molecular weight is 618 g/mol. The van der Waals surface area contributed by atoms with Gasteiger partial charge in [-0.25, -0.2) is 14.8 Å². The van der Waals surface area contributed by atoms with Gasteiger partial charge in [0.05, 0.1) is 24.4 Å². The van der Waals surface area contributed by atoms with E-state index in [0.29, 0.717) is 49.3 Å². The van der Waals surface area contributed by atoms with Crippen LogP contribution in [0.2, 0.25) is 0 Å². The molecule has 0 radical (unpaired) electrons. The van der Waals surface area contributed by atoms with E-state index in [1.54, 1.807) is 22.0 Å². The van der Waals surface area contributed by atoms with E-state index in [1.807, 2.05) is 60.6 Å². The molecule has 4 heterocycles. The Morgan fingerprint density at radius 1 is 1.09 bits per heavy atom. The molecule has 3 aromatic heterocycles. The first-order valence-corrected chi connectivity index (χ1v) is 15.7. The molecule has 0 aliphatic carbocycles. The van der Waals surface area contributed by atoms with Gasteiger partial charge >= 0.3 is 6.03 Å². The number of nitrogens with one attached hydrogen (secondary N) is 2. The number of nitrogens with zero attached hydrogens (tertiary/aromatic N) is 9. The predicted molar refractivity (Wildman–Crippen MR) is 177 cm³/mol. The lowest BCUT2D eigenvalue weighted by Crippen LogP contribution is -2.47. The van der Waals surface area contributed by atoms with E-state index in [2.05, 4.69) is 44.8 Å². The van der Waals surface area contributed by atoms with Gasteiger partial charge in [-0.1, -0.05) is 43.7 Å². The van der Waals surface area contributed by atoms with Crippen molar-refractivity contribution in [2.45, 2.75) is 51.6 Å². The molecular weight excluding hydrogens is 578 g/mol. The van der Waals surface area contributed by atoms with Crippen LogP contribution in [0, 0.1) is 28.6 Å². The van der Waals surface area contributed by atoms with Crippen molar-refractivity contribution in [3.8, 4) is 23.3 Å². The molecule has 1 aromatic carbocycles. The van der Waals surface area contributed by atoms with E-state index in [4.69, 9.17) is 4.98 Å². The molecule has 0 bridgehead atoms. The number of pyridine rings is 1. The molecular formula is C34H39N11O. The van der Waals surface area contributed by atoms with Crippen LogP contribution < -0.4 is 20.4 Å². The summed E-state index contributed by atoms with van der Waals surface area (Å²) >= 11 is 0. The zero-order valence-corrected chi connectivity index (χ0v) is 26.3. The molecule has 1 fully saturated rings. The second-order valence-corrected chi connectivity index (χ2v) is 11.4. The first kappa shape index (κ1) is 31.9. The first-order chi connectivity index (χ1) is 22.5. The minimum Gasteiger partial charge on any atom is -0.354 e. The highest BCUT2D eigenvalue weighted by Gasteiger charge is 2.27. The smallest absolute Gasteiger partial charge is 0.323 e. The maximum absolute atomic E-state index is 13.8. The van der Waals surface area contributed by atoms with Gasteiger partial charge < -0.3 is 15.5 Å². The van der Waals surface area contributed by atoms with Crippen LogP contribution >= 0.6 is 0 Å². The Kier molecular flexibility index (Phi) is 10.7. The molecule has 1 saturated heterocycles. The van der Waals surface area contributed by atoms with Crippen molar-refractivity contribution in [2.24, 2.45) is 13.0 Å². The molecule has 0 spiro atoms. The van der Waals surface area contributed by atoms with Gasteiger partial charge in [-0.05, 0) is 43.4 Å². The van der Waals surface area contributed by atoms with Gasteiger partial charge in [0.25, 0.3) is 0 Å². The number of aryl methyl sites for hydroxylation is 1. The number of hydrogen-bond acceptors (Lipinski definition) is 9. The van der Waals surface area contributed by atoms with Gasteiger partial charge in [-0.2, -0.15) is 20.6 Å². The Bertz CT molecular complexity index is 1670. The number of urea groups is 1. The SMILES string of the molecule is CCC[C@@H](CCCNc1ncc(C#N)c(N2CCC(C#N)C2)n1)N(C(=O)NCc1ccccc1)c1ccc(-c2cnn(C)c2)cn1. The van der Waals surface area contributed by atoms with Crippen molar-refractivity contribution in [1.82, 2.24) is 30.0 Å². The monoisotopic (exact) mass is 617 g/mol. The number of aromatic nitrogens is 5. The Morgan fingerprint density at radius 3 is 2.61 bits per heavy atom. The second-order valence-electron chi connectivity index (χ2n) is 11.4. The lowest BCUT2D eigenvalue weighted by Gasteiger charge is -2.31. The molecule has 1 unspecified atom stereocenters. The maximum atomic E-state index is 13.8. The summed E-state index contributed by atoms with van der Waals surface area (Å²) in [7, 11) is 1.87. The van der Waals surface area contributed by atoms with Crippen LogP contribution in [-0.2, 0) is 13.6 Å². The van der Waals surface area contributed by atoms with Gasteiger partial charge in [0.2, 0.25) is 5.95 Å². The summed E-state index contributed by atoms with van der Waals surface area (Å²) in [5.74, 6) is 1.52. The number of nitriles is 2. The Morgan fingerprint density at radius 2 is 1.93 bits per heavy atom. The van der Waals surface area contributed by atoms with Crippen LogP contribution in [0.15, 0.2) is 67.3 Å². The fourth-order valence-electron chi connectivity index (χ4n) is 5.69. The highest BCUT2D eigenvalue weighted by atomic mass is 16.2. The molecule has 2 amide bonds. The van der Waals surface area contributed by atoms with Gasteiger partial charge in [0.1, 0.15) is 17.5 Å². The third-order valence-electron chi connectivity index (χ3n) is 8.08. The third kappa shape index (κ3) is 7.96. The molecule has 236 valence electrons. The van der Waals surface area contributed by atoms with Crippen molar-refractivity contribution < 1.29 is 4.79 Å². The minimum absolute atomic E-state index is 0.0673. The Labute approximate surface area is 269 Å². The number of anilines is 3. The van der Waals surface area contributed by atoms with Gasteiger partial charge in [0.15, 0.2) is 5.82 Å². The average Bonchev–Trinajstić information content (AvgIpc) is 3.76. The fraction of sp³-hybridized carbons (Fsp3) is 0.382. The molecule has 1 aliphatic rings. The molecule has 46 heavy (non-hydrogen) atoms. The molecule has 1 aliphatic heterocycles. The third-order valence-corrected chi connectivity index (χ3v) is 8.08. The number of benzene rings is 1. The summed E-state index contributed by atoms with van der Waals surface area (Å²) in [5, 5.41) is 29.6. The molecule has 5 rings (SSSR count). The maximum Gasteiger partial charge on any atom is 0.323 e. The van der Waals surface area contributed by atoms with Crippen LogP contribution in [0.5, 0.6) is 0 Å². The van der Waals surface area contributed by atoms with E-state index in [-0.39, 0.29) is 18.0 Å². The van der Waals surface area contributed by atoms with Crippen LogP contribution in [0.4, 0.5) is 22.4 Å². The standard InChI is InChI=1S/C34H39N11O/c1-3-8-30(11-7-15-37-33-39-21-28(18-36)32(42-33)44-16-14-26(17-35)23-44)45(34(46)40-19-25-9-5-4-6-10-25)31-13-12-27(20-38-31)29-22-41-43(2)24-29/h4-6,9-10,12-13,20-22,24,26,30H,3,7-8,11,14-16,19,23H2,1-2H3,(H,40,46)(H,37,39,42)/t26?,30-/m0/s1. The summed E-state index contributed by atoms with van der Waals surface area (Å²) in [6, 6.07) is 17.9. The number of amides is 2. The van der Waals surface area contributed by atoms with Crippen molar-refractivity contribution >= 4 is 23.6 Å². The van der Waals surface area contributed by atoms with E-state index < -0.39 is 0 Å². The minimum atomic E-state index is -0.196. The highest BCUT2D eigenvalue weighted by Crippen LogP contribution is 2.27. The molecule has 12 nitrogen and oxygen atoms in total. The number of rotatable bonds is 13. The zero-order chi connectivity index (χ0) is 32.3. The van der Waals surface area contributed by atoms with Crippen molar-refractivity contribution in [1.29, 1.82) is 10.5 Å². The molecule has 4 aromatic rings. The zero-order valence-electron chi connectivity index (χ0n) is 26.3. The van der Waals surface area contributed by atoms with Crippen LogP contribution in [-0.4, -0.2) is 56.4 Å². The summed E-state index contributed by atoms with van der Waals surface area (Å²) in [6.45, 7) is 4.35. The lowest BCUT2D eigenvalue weighted by molar-refractivity contribution is 0.242. The summed E-state index contributed by atoms with van der Waals surface area (Å²) in [5.41, 5.74) is 3.30. The van der Waals surface area contributed by atoms with Gasteiger partial charge in [-0.15, -0.1) is 0 Å². The largest absolute Gasteiger partial charge is 0.354 e. The fourth-order valence-corrected chi connectivity index (χ4v) is 5.69. The Hall–Kier alpha value is -5.49. The van der Waals surface area contributed by atoms with Crippen LogP contribution in [0.25, 0.3) is 11.1 Å². The quantitative estimate of drug-likeness (QED) is 0.191. The topological polar surface area (TPSA) is 152 Å². The predicted octanol–water partition coefficient (Wildman–Crippen LogP) is 5.27. The summed E-state index contributed by atoms with van der Waals surface area (Å²) in [4.78, 5) is 31.3. The van der Waals surface area contributed by atoms with Crippen molar-refractivity contribution in [2.75, 3.05) is 34.8 Å². The van der Waals surface area contributed by atoms with Crippen molar-refractivity contribution in [3.05, 3.63) is 78.4 Å². The number of carbonyl (C=O) groups is 1. The van der Waals surface area contributed by atoms with Crippen LogP contribution in [0.1, 0.15) is 50.2 Å². The Balaban J connectivity index is 1.28. The molecule has 2 atom stereocenters. The normalized spacial score (nSPS) is 14.7. The van der Waals surface area contributed by atoms with E-state index >= 15 is 0 Å². The highest BCUT2D eigenvalue weighted by molar-refractivity contribution is 5.91. The van der Waals surface area contributed by atoms with E-state index in [1.165, 1.54) is 6.20 Å². The van der Waals surface area contributed by atoms with E-state index in [0.717, 1.165) is 48.8 Å². The second kappa shape index (κ2) is 15.5. The summed E-state index contributed by atoms with van der Waals surface area (Å²) in [6.07, 6.45) is 11.0. The van der Waals surface area contributed by atoms with Gasteiger partial charge in [-0.3, -0.25) is 9.58 Å². The van der Waals surface area contributed by atoms with E-state index in [9.17, 15) is 15.3 Å².